The Hall–Kier alpha value is -1.90. The van der Waals surface area contributed by atoms with Crippen LogP contribution in [0.15, 0.2) is 35.8 Å². The van der Waals surface area contributed by atoms with Crippen LogP contribution in [0, 0.1) is 0 Å². The largest absolute Gasteiger partial charge is 0.319 e. The number of hydrogen-bond acceptors (Lipinski definition) is 2. The highest BCUT2D eigenvalue weighted by molar-refractivity contribution is 5.76. The molecule has 2 rings (SSSR count). The molecule has 3 nitrogen and oxygen atoms in total. The lowest BCUT2D eigenvalue weighted by Crippen LogP contribution is -2.04. The quantitative estimate of drug-likeness (QED) is 0.709. The van der Waals surface area contributed by atoms with E-state index in [1.54, 1.807) is 6.08 Å². The molecule has 0 saturated heterocycles. The number of aromatic nitrogens is 2. The lowest BCUT2D eigenvalue weighted by molar-refractivity contribution is 1.22. The van der Waals surface area contributed by atoms with Gasteiger partial charge in [0, 0.05) is 0 Å². The molecule has 0 atom stereocenters. The minimum absolute atomic E-state index is 0.186. The number of hydrogen-bond donors (Lipinski definition) is 1. The zero-order valence-electron chi connectivity index (χ0n) is 6.95. The fourth-order valence-corrected chi connectivity index (χ4v) is 1.19. The number of fused-ring (bicyclic) bond motifs is 1. The predicted molar refractivity (Wildman–Crippen MR) is 52.5 cm³/mol. The van der Waals surface area contributed by atoms with Crippen LogP contribution in [0.4, 0.5) is 0 Å². The Bertz CT molecular complexity index is 514. The SMILES string of the molecule is C=Cc1ccc2ncc(=O)[nH]c2c1. The average Bonchev–Trinajstić information content (AvgIpc) is 2.16. The zero-order chi connectivity index (χ0) is 9.26. The van der Waals surface area contributed by atoms with E-state index in [4.69, 9.17) is 0 Å². The van der Waals surface area contributed by atoms with Gasteiger partial charge in [0.15, 0.2) is 0 Å². The minimum Gasteiger partial charge on any atom is -0.319 e. The van der Waals surface area contributed by atoms with E-state index in [2.05, 4.69) is 16.5 Å². The van der Waals surface area contributed by atoms with E-state index in [-0.39, 0.29) is 5.56 Å². The number of aromatic amines is 1. The van der Waals surface area contributed by atoms with E-state index in [1.165, 1.54) is 6.20 Å². The van der Waals surface area contributed by atoms with Crippen molar-refractivity contribution in [2.75, 3.05) is 0 Å². The van der Waals surface area contributed by atoms with E-state index < -0.39 is 0 Å². The second-order valence-electron chi connectivity index (χ2n) is 2.73. The van der Waals surface area contributed by atoms with Gasteiger partial charge in [0.1, 0.15) is 0 Å². The molecule has 1 aromatic heterocycles. The fraction of sp³-hybridized carbons (Fsp3) is 0. The van der Waals surface area contributed by atoms with Crippen molar-refractivity contribution in [3.05, 3.63) is 46.9 Å². The van der Waals surface area contributed by atoms with Gasteiger partial charge in [0.25, 0.3) is 5.56 Å². The summed E-state index contributed by atoms with van der Waals surface area (Å²) < 4.78 is 0. The van der Waals surface area contributed by atoms with Gasteiger partial charge in [0.2, 0.25) is 0 Å². The molecule has 64 valence electrons. The van der Waals surface area contributed by atoms with Crippen LogP contribution >= 0.6 is 0 Å². The number of nitrogens with zero attached hydrogens (tertiary/aromatic N) is 1. The highest BCUT2D eigenvalue weighted by atomic mass is 16.1. The molecule has 0 aliphatic rings. The summed E-state index contributed by atoms with van der Waals surface area (Å²) in [6.45, 7) is 3.65. The van der Waals surface area contributed by atoms with Crippen LogP contribution in [-0.2, 0) is 0 Å². The Balaban J connectivity index is 2.82. The van der Waals surface area contributed by atoms with Gasteiger partial charge in [0.05, 0.1) is 17.2 Å². The molecule has 0 fully saturated rings. The molecule has 13 heavy (non-hydrogen) atoms. The van der Waals surface area contributed by atoms with Crippen molar-refractivity contribution in [2.24, 2.45) is 0 Å². The first-order valence-electron chi connectivity index (χ1n) is 3.91. The minimum atomic E-state index is -0.186. The fourth-order valence-electron chi connectivity index (χ4n) is 1.19. The van der Waals surface area contributed by atoms with Crippen LogP contribution in [0.25, 0.3) is 17.1 Å². The summed E-state index contributed by atoms with van der Waals surface area (Å²) >= 11 is 0. The zero-order valence-corrected chi connectivity index (χ0v) is 6.95. The Morgan fingerprint density at radius 1 is 1.46 bits per heavy atom. The molecule has 0 saturated carbocycles. The standard InChI is InChI=1S/C10H8N2O/c1-2-7-3-4-8-9(5-7)12-10(13)6-11-8/h2-6H,1H2,(H,12,13). The number of nitrogens with one attached hydrogen (secondary N) is 1. The van der Waals surface area contributed by atoms with Gasteiger partial charge in [-0.15, -0.1) is 0 Å². The van der Waals surface area contributed by atoms with Crippen molar-refractivity contribution in [3.8, 4) is 0 Å². The van der Waals surface area contributed by atoms with Gasteiger partial charge in [-0.2, -0.15) is 0 Å². The first-order chi connectivity index (χ1) is 6.29. The average molecular weight is 172 g/mol. The molecule has 0 radical (unpaired) electrons. The maximum Gasteiger partial charge on any atom is 0.266 e. The number of rotatable bonds is 1. The van der Waals surface area contributed by atoms with Crippen molar-refractivity contribution in [1.82, 2.24) is 9.97 Å². The Kier molecular flexibility index (Phi) is 1.70. The highest BCUT2D eigenvalue weighted by Gasteiger charge is 1.95. The summed E-state index contributed by atoms with van der Waals surface area (Å²) in [5, 5.41) is 0. The summed E-state index contributed by atoms with van der Waals surface area (Å²) in [6, 6.07) is 5.60. The molecule has 0 aliphatic carbocycles. The molecule has 0 unspecified atom stereocenters. The molecule has 0 amide bonds. The van der Waals surface area contributed by atoms with Gasteiger partial charge in [-0.3, -0.25) is 4.79 Å². The smallest absolute Gasteiger partial charge is 0.266 e. The summed E-state index contributed by atoms with van der Waals surface area (Å²) in [5.74, 6) is 0. The Morgan fingerprint density at radius 3 is 3.08 bits per heavy atom. The van der Waals surface area contributed by atoms with E-state index in [1.807, 2.05) is 18.2 Å². The van der Waals surface area contributed by atoms with E-state index >= 15 is 0 Å². The third-order valence-corrected chi connectivity index (χ3v) is 1.84. The second-order valence-corrected chi connectivity index (χ2v) is 2.73. The maximum atomic E-state index is 10.9. The van der Waals surface area contributed by atoms with Crippen molar-refractivity contribution in [2.45, 2.75) is 0 Å². The summed E-state index contributed by atoms with van der Waals surface area (Å²) in [7, 11) is 0. The molecule has 1 N–H and O–H groups in total. The summed E-state index contributed by atoms with van der Waals surface area (Å²) in [5.41, 5.74) is 2.31. The number of benzene rings is 1. The molecular weight excluding hydrogens is 164 g/mol. The third kappa shape index (κ3) is 1.36. The number of H-pyrrole nitrogens is 1. The highest BCUT2D eigenvalue weighted by Crippen LogP contribution is 2.10. The van der Waals surface area contributed by atoms with Crippen LogP contribution in [0.3, 0.4) is 0 Å². The van der Waals surface area contributed by atoms with Gasteiger partial charge in [-0.05, 0) is 17.7 Å². The third-order valence-electron chi connectivity index (χ3n) is 1.84. The van der Waals surface area contributed by atoms with Crippen LogP contribution in [0.1, 0.15) is 5.56 Å². The molecular formula is C10H8N2O. The van der Waals surface area contributed by atoms with Crippen molar-refractivity contribution in [1.29, 1.82) is 0 Å². The molecule has 0 spiro atoms. The Labute approximate surface area is 74.8 Å². The monoisotopic (exact) mass is 172 g/mol. The molecule has 1 heterocycles. The molecule has 0 bridgehead atoms. The first kappa shape index (κ1) is 7.73. The molecule has 1 aromatic carbocycles. The van der Waals surface area contributed by atoms with Crippen molar-refractivity contribution >= 4 is 17.1 Å². The van der Waals surface area contributed by atoms with Crippen LogP contribution < -0.4 is 5.56 Å². The molecule has 0 aliphatic heterocycles. The second kappa shape index (κ2) is 2.86. The lowest BCUT2D eigenvalue weighted by atomic mass is 10.2. The maximum absolute atomic E-state index is 10.9. The lowest BCUT2D eigenvalue weighted by Gasteiger charge is -1.96. The van der Waals surface area contributed by atoms with Crippen LogP contribution in [0.2, 0.25) is 0 Å². The predicted octanol–water partition coefficient (Wildman–Crippen LogP) is 1.57. The van der Waals surface area contributed by atoms with Gasteiger partial charge in [-0.25, -0.2) is 4.98 Å². The first-order valence-corrected chi connectivity index (χ1v) is 3.91. The topological polar surface area (TPSA) is 45.8 Å². The van der Waals surface area contributed by atoms with Crippen molar-refractivity contribution < 1.29 is 0 Å². The summed E-state index contributed by atoms with van der Waals surface area (Å²) in [4.78, 5) is 17.6. The molecule has 3 heteroatoms. The van der Waals surface area contributed by atoms with Crippen molar-refractivity contribution in [3.63, 3.8) is 0 Å². The summed E-state index contributed by atoms with van der Waals surface area (Å²) in [6.07, 6.45) is 3.00. The van der Waals surface area contributed by atoms with E-state index in [9.17, 15) is 4.79 Å². The normalized spacial score (nSPS) is 10.2. The van der Waals surface area contributed by atoms with Crippen LogP contribution in [-0.4, -0.2) is 9.97 Å². The van der Waals surface area contributed by atoms with Gasteiger partial charge < -0.3 is 4.98 Å². The van der Waals surface area contributed by atoms with Crippen LogP contribution in [0.5, 0.6) is 0 Å². The Morgan fingerprint density at radius 2 is 2.31 bits per heavy atom. The van der Waals surface area contributed by atoms with E-state index in [0.717, 1.165) is 16.6 Å². The van der Waals surface area contributed by atoms with Gasteiger partial charge >= 0.3 is 0 Å². The molecule has 2 aromatic rings. The van der Waals surface area contributed by atoms with Gasteiger partial charge in [-0.1, -0.05) is 18.7 Å². The van der Waals surface area contributed by atoms with E-state index in [0.29, 0.717) is 0 Å².